The lowest BCUT2D eigenvalue weighted by molar-refractivity contribution is -0.133. The minimum atomic E-state index is 0.225. The Labute approximate surface area is 97.1 Å². The van der Waals surface area contributed by atoms with Crippen molar-refractivity contribution in [1.29, 1.82) is 0 Å². The molecule has 0 radical (unpaired) electrons. The van der Waals surface area contributed by atoms with Gasteiger partial charge in [-0.25, -0.2) is 0 Å². The number of hydrogen-bond acceptors (Lipinski definition) is 3. The number of ketones is 1. The minimum Gasteiger partial charge on any atom is -0.375 e. The summed E-state index contributed by atoms with van der Waals surface area (Å²) in [6.45, 7) is 1.79. The normalized spacial score (nSPS) is 41.0. The Bertz CT molecular complexity index is 279. The van der Waals surface area contributed by atoms with Gasteiger partial charge in [-0.15, -0.1) is 0 Å². The molecule has 0 aromatic heterocycles. The predicted octanol–water partition coefficient (Wildman–Crippen LogP) is 1.75. The number of carbonyl (C=O) groups is 1. The van der Waals surface area contributed by atoms with Crippen LogP contribution in [0.3, 0.4) is 0 Å². The van der Waals surface area contributed by atoms with Crippen LogP contribution in [0.5, 0.6) is 0 Å². The van der Waals surface area contributed by atoms with Crippen LogP contribution in [-0.4, -0.2) is 42.0 Å². The van der Waals surface area contributed by atoms with Gasteiger partial charge in [-0.3, -0.25) is 9.69 Å². The SMILES string of the molecule is O=C1CCCCC1N1CCOC2CCCC21. The van der Waals surface area contributed by atoms with E-state index in [1.165, 1.54) is 25.7 Å². The standard InChI is InChI=1S/C13H21NO2/c15-12-6-2-1-4-10(12)14-8-9-16-13-7-3-5-11(13)14/h10-11,13H,1-9H2. The quantitative estimate of drug-likeness (QED) is 0.678. The van der Waals surface area contributed by atoms with Crippen molar-refractivity contribution < 1.29 is 9.53 Å². The lowest BCUT2D eigenvalue weighted by atomic mass is 9.91. The van der Waals surface area contributed by atoms with Gasteiger partial charge in [0.2, 0.25) is 0 Å². The van der Waals surface area contributed by atoms with E-state index < -0.39 is 0 Å². The van der Waals surface area contributed by atoms with E-state index in [2.05, 4.69) is 4.90 Å². The largest absolute Gasteiger partial charge is 0.375 e. The smallest absolute Gasteiger partial charge is 0.149 e. The molecular formula is C13H21NO2. The maximum atomic E-state index is 12.0. The summed E-state index contributed by atoms with van der Waals surface area (Å²) in [5.74, 6) is 0.485. The van der Waals surface area contributed by atoms with E-state index in [0.29, 0.717) is 17.9 Å². The molecule has 1 aliphatic heterocycles. The van der Waals surface area contributed by atoms with Crippen LogP contribution in [-0.2, 0) is 9.53 Å². The zero-order valence-electron chi connectivity index (χ0n) is 9.86. The first kappa shape index (κ1) is 10.7. The topological polar surface area (TPSA) is 29.5 Å². The third kappa shape index (κ3) is 1.80. The van der Waals surface area contributed by atoms with Gasteiger partial charge in [0.25, 0.3) is 0 Å². The Morgan fingerprint density at radius 3 is 2.94 bits per heavy atom. The number of ether oxygens (including phenoxy) is 1. The second kappa shape index (κ2) is 4.46. The van der Waals surface area contributed by atoms with Gasteiger partial charge in [0.15, 0.2) is 0 Å². The molecule has 0 N–H and O–H groups in total. The van der Waals surface area contributed by atoms with Crippen LogP contribution in [0.25, 0.3) is 0 Å². The molecule has 16 heavy (non-hydrogen) atoms. The third-order valence-electron chi connectivity index (χ3n) is 4.45. The van der Waals surface area contributed by atoms with Gasteiger partial charge in [-0.2, -0.15) is 0 Å². The van der Waals surface area contributed by atoms with Crippen LogP contribution in [0.4, 0.5) is 0 Å². The molecule has 3 aliphatic rings. The van der Waals surface area contributed by atoms with Crippen LogP contribution < -0.4 is 0 Å². The lowest BCUT2D eigenvalue weighted by Crippen LogP contribution is -2.56. The minimum absolute atomic E-state index is 0.225. The van der Waals surface area contributed by atoms with Crippen LogP contribution >= 0.6 is 0 Å². The van der Waals surface area contributed by atoms with E-state index >= 15 is 0 Å². The molecular weight excluding hydrogens is 202 g/mol. The number of Topliss-reactive ketones (excluding diaryl/α,β-unsaturated/α-hetero) is 1. The van der Waals surface area contributed by atoms with Gasteiger partial charge < -0.3 is 4.74 Å². The van der Waals surface area contributed by atoms with E-state index in [9.17, 15) is 4.79 Å². The fourth-order valence-corrected chi connectivity index (χ4v) is 3.66. The maximum absolute atomic E-state index is 12.0. The Balaban J connectivity index is 1.74. The highest BCUT2D eigenvalue weighted by Crippen LogP contribution is 2.33. The summed E-state index contributed by atoms with van der Waals surface area (Å²) in [5.41, 5.74) is 0. The van der Waals surface area contributed by atoms with E-state index in [1.807, 2.05) is 0 Å². The number of carbonyl (C=O) groups excluding carboxylic acids is 1. The monoisotopic (exact) mass is 223 g/mol. The number of fused-ring (bicyclic) bond motifs is 1. The van der Waals surface area contributed by atoms with Gasteiger partial charge >= 0.3 is 0 Å². The van der Waals surface area contributed by atoms with Crippen molar-refractivity contribution in [2.45, 2.75) is 63.1 Å². The lowest BCUT2D eigenvalue weighted by Gasteiger charge is -2.43. The van der Waals surface area contributed by atoms with Crippen molar-refractivity contribution in [3.8, 4) is 0 Å². The number of morpholine rings is 1. The van der Waals surface area contributed by atoms with Crippen molar-refractivity contribution in [3.63, 3.8) is 0 Å². The van der Waals surface area contributed by atoms with E-state index in [4.69, 9.17) is 4.74 Å². The summed E-state index contributed by atoms with van der Waals surface area (Å²) in [4.78, 5) is 14.5. The molecule has 1 heterocycles. The Kier molecular flexibility index (Phi) is 2.99. The van der Waals surface area contributed by atoms with Crippen molar-refractivity contribution in [3.05, 3.63) is 0 Å². The number of rotatable bonds is 1. The molecule has 3 atom stereocenters. The van der Waals surface area contributed by atoms with Crippen LogP contribution in [0.2, 0.25) is 0 Å². The molecule has 1 saturated heterocycles. The summed E-state index contributed by atoms with van der Waals surface area (Å²) in [6, 6.07) is 0.768. The molecule has 0 aromatic carbocycles. The van der Waals surface area contributed by atoms with Gasteiger partial charge in [0, 0.05) is 19.0 Å². The second-order valence-corrected chi connectivity index (χ2v) is 5.37. The van der Waals surface area contributed by atoms with E-state index in [1.54, 1.807) is 0 Å². The molecule has 90 valence electrons. The summed E-state index contributed by atoms with van der Waals surface area (Å²) in [5, 5.41) is 0. The predicted molar refractivity (Wildman–Crippen MR) is 61.3 cm³/mol. The number of nitrogens with zero attached hydrogens (tertiary/aromatic N) is 1. The summed E-state index contributed by atoms with van der Waals surface area (Å²) in [6.07, 6.45) is 8.34. The van der Waals surface area contributed by atoms with Crippen molar-refractivity contribution in [2.75, 3.05) is 13.2 Å². The first-order valence-electron chi connectivity index (χ1n) is 6.76. The first-order chi connectivity index (χ1) is 7.86. The average Bonchev–Trinajstić information content (AvgIpc) is 2.77. The second-order valence-electron chi connectivity index (χ2n) is 5.37. The third-order valence-corrected chi connectivity index (χ3v) is 4.45. The maximum Gasteiger partial charge on any atom is 0.149 e. The van der Waals surface area contributed by atoms with Gasteiger partial charge in [-0.1, -0.05) is 6.42 Å². The van der Waals surface area contributed by atoms with E-state index in [0.717, 1.165) is 32.4 Å². The molecule has 3 nitrogen and oxygen atoms in total. The Hall–Kier alpha value is -0.410. The summed E-state index contributed by atoms with van der Waals surface area (Å²) >= 11 is 0. The van der Waals surface area contributed by atoms with Gasteiger partial charge in [-0.05, 0) is 32.1 Å². The molecule has 2 aliphatic carbocycles. The molecule has 0 bridgehead atoms. The number of hydrogen-bond donors (Lipinski definition) is 0. The Morgan fingerprint density at radius 1 is 1.12 bits per heavy atom. The fourth-order valence-electron chi connectivity index (χ4n) is 3.66. The molecule has 0 spiro atoms. The molecule has 3 unspecified atom stereocenters. The average molecular weight is 223 g/mol. The van der Waals surface area contributed by atoms with E-state index in [-0.39, 0.29) is 6.04 Å². The molecule has 0 amide bonds. The van der Waals surface area contributed by atoms with Crippen LogP contribution in [0.15, 0.2) is 0 Å². The fraction of sp³-hybridized carbons (Fsp3) is 0.923. The highest BCUT2D eigenvalue weighted by molar-refractivity contribution is 5.84. The van der Waals surface area contributed by atoms with Crippen LogP contribution in [0, 0.1) is 0 Å². The molecule has 3 fully saturated rings. The van der Waals surface area contributed by atoms with Crippen molar-refractivity contribution >= 4 is 5.78 Å². The zero-order chi connectivity index (χ0) is 11.0. The molecule has 3 rings (SSSR count). The molecule has 2 saturated carbocycles. The van der Waals surface area contributed by atoms with Crippen molar-refractivity contribution in [2.24, 2.45) is 0 Å². The summed E-state index contributed by atoms with van der Waals surface area (Å²) < 4.78 is 5.81. The van der Waals surface area contributed by atoms with Gasteiger partial charge in [0.05, 0.1) is 18.8 Å². The summed E-state index contributed by atoms with van der Waals surface area (Å²) in [7, 11) is 0. The van der Waals surface area contributed by atoms with Gasteiger partial charge in [0.1, 0.15) is 5.78 Å². The highest BCUT2D eigenvalue weighted by atomic mass is 16.5. The Morgan fingerprint density at radius 2 is 2.06 bits per heavy atom. The highest BCUT2D eigenvalue weighted by Gasteiger charge is 2.41. The van der Waals surface area contributed by atoms with Crippen LogP contribution in [0.1, 0.15) is 44.9 Å². The molecule has 0 aromatic rings. The van der Waals surface area contributed by atoms with Crippen molar-refractivity contribution in [1.82, 2.24) is 4.90 Å². The molecule has 3 heteroatoms. The zero-order valence-corrected chi connectivity index (χ0v) is 9.86. The first-order valence-corrected chi connectivity index (χ1v) is 6.76.